The minimum Gasteiger partial charge on any atom is -0.330 e. The maximum absolute atomic E-state index is 12.8. The molecule has 17 heavy (non-hydrogen) atoms. The number of rotatable bonds is 4. The van der Waals surface area contributed by atoms with Crippen LogP contribution in [0, 0.1) is 11.7 Å². The lowest BCUT2D eigenvalue weighted by atomic mass is 10.1. The van der Waals surface area contributed by atoms with E-state index in [-0.39, 0.29) is 28.7 Å². The topological polar surface area (TPSA) is 60.2 Å². The van der Waals surface area contributed by atoms with Crippen LogP contribution in [-0.4, -0.2) is 26.0 Å². The Bertz CT molecular complexity index is 498. The Balaban J connectivity index is 2.26. The first-order chi connectivity index (χ1) is 8.01. The zero-order valence-corrected chi connectivity index (χ0v) is 10.5. The minimum absolute atomic E-state index is 0.0228. The standard InChI is InChI=1S/C12H16FNO2S/c1-2-17(15,16)12-10(7-14)11(12)8-3-5-9(13)6-4-8/h3-6,10-12H,2,7,14H2,1H3/t10-,11-,12+/m0/s1. The fourth-order valence-electron chi connectivity index (χ4n) is 2.43. The molecule has 1 fully saturated rings. The second kappa shape index (κ2) is 4.38. The second-order valence-electron chi connectivity index (χ2n) is 4.39. The first-order valence-electron chi connectivity index (χ1n) is 5.68. The summed E-state index contributed by atoms with van der Waals surface area (Å²) in [5.74, 6) is -0.268. The van der Waals surface area contributed by atoms with E-state index in [1.54, 1.807) is 19.1 Å². The average Bonchev–Trinajstić information content (AvgIpc) is 3.05. The van der Waals surface area contributed by atoms with Crippen molar-refractivity contribution in [3.05, 3.63) is 35.6 Å². The Kier molecular flexibility index (Phi) is 3.23. The SMILES string of the molecule is CCS(=O)(=O)[C@@H]1[C@@H](CN)[C@@H]1c1ccc(F)cc1. The normalized spacial score (nSPS) is 28.1. The highest BCUT2D eigenvalue weighted by Crippen LogP contribution is 2.51. The summed E-state index contributed by atoms with van der Waals surface area (Å²) in [4.78, 5) is 0. The van der Waals surface area contributed by atoms with E-state index in [2.05, 4.69) is 0 Å². The molecule has 0 saturated heterocycles. The van der Waals surface area contributed by atoms with Gasteiger partial charge < -0.3 is 5.73 Å². The van der Waals surface area contributed by atoms with Crippen LogP contribution in [0.2, 0.25) is 0 Å². The van der Waals surface area contributed by atoms with Gasteiger partial charge in [-0.1, -0.05) is 19.1 Å². The quantitative estimate of drug-likeness (QED) is 0.884. The number of hydrogen-bond acceptors (Lipinski definition) is 3. The summed E-state index contributed by atoms with van der Waals surface area (Å²) >= 11 is 0. The van der Waals surface area contributed by atoms with Crippen molar-refractivity contribution in [1.82, 2.24) is 0 Å². The lowest BCUT2D eigenvalue weighted by Crippen LogP contribution is -2.15. The summed E-state index contributed by atoms with van der Waals surface area (Å²) in [6, 6.07) is 6.01. The van der Waals surface area contributed by atoms with Crippen molar-refractivity contribution >= 4 is 9.84 Å². The average molecular weight is 257 g/mol. The maximum atomic E-state index is 12.8. The van der Waals surface area contributed by atoms with Crippen LogP contribution in [0.25, 0.3) is 0 Å². The molecule has 0 aliphatic heterocycles. The molecule has 1 aromatic rings. The monoisotopic (exact) mass is 257 g/mol. The summed E-state index contributed by atoms with van der Waals surface area (Å²) in [6.07, 6.45) is 0. The van der Waals surface area contributed by atoms with Crippen LogP contribution in [0.3, 0.4) is 0 Å². The molecule has 3 atom stereocenters. The lowest BCUT2D eigenvalue weighted by molar-refractivity contribution is 0.593. The van der Waals surface area contributed by atoms with Gasteiger partial charge in [-0.3, -0.25) is 0 Å². The van der Waals surface area contributed by atoms with E-state index in [1.165, 1.54) is 12.1 Å². The third-order valence-electron chi connectivity index (χ3n) is 3.44. The van der Waals surface area contributed by atoms with Gasteiger partial charge in [-0.2, -0.15) is 0 Å². The molecule has 2 N–H and O–H groups in total. The van der Waals surface area contributed by atoms with E-state index in [0.29, 0.717) is 6.54 Å². The molecule has 0 heterocycles. The zero-order chi connectivity index (χ0) is 12.6. The third-order valence-corrected chi connectivity index (χ3v) is 5.72. The second-order valence-corrected chi connectivity index (χ2v) is 6.84. The Morgan fingerprint density at radius 1 is 1.29 bits per heavy atom. The first kappa shape index (κ1) is 12.5. The minimum atomic E-state index is -3.07. The van der Waals surface area contributed by atoms with Crippen LogP contribution in [0.15, 0.2) is 24.3 Å². The van der Waals surface area contributed by atoms with Crippen molar-refractivity contribution in [1.29, 1.82) is 0 Å². The van der Waals surface area contributed by atoms with Crippen LogP contribution in [0.1, 0.15) is 18.4 Å². The molecule has 0 bridgehead atoms. The number of hydrogen-bond donors (Lipinski definition) is 1. The molecule has 0 unspecified atom stereocenters. The molecule has 0 aromatic heterocycles. The van der Waals surface area contributed by atoms with Crippen LogP contribution >= 0.6 is 0 Å². The molecule has 3 nitrogen and oxygen atoms in total. The number of benzene rings is 1. The highest BCUT2D eigenvalue weighted by Gasteiger charge is 2.56. The maximum Gasteiger partial charge on any atom is 0.153 e. The fourth-order valence-corrected chi connectivity index (χ4v) is 4.34. The van der Waals surface area contributed by atoms with Gasteiger partial charge in [0.1, 0.15) is 5.82 Å². The first-order valence-corrected chi connectivity index (χ1v) is 7.40. The number of sulfone groups is 1. The predicted octanol–water partition coefficient (Wildman–Crippen LogP) is 1.30. The Hall–Kier alpha value is -0.940. The molecule has 0 radical (unpaired) electrons. The largest absolute Gasteiger partial charge is 0.330 e. The van der Waals surface area contributed by atoms with Crippen molar-refractivity contribution in [2.75, 3.05) is 12.3 Å². The van der Waals surface area contributed by atoms with E-state index in [1.807, 2.05) is 0 Å². The van der Waals surface area contributed by atoms with Gasteiger partial charge in [0, 0.05) is 11.7 Å². The summed E-state index contributed by atoms with van der Waals surface area (Å²) in [5, 5.41) is -0.386. The van der Waals surface area contributed by atoms with Crippen LogP contribution in [0.5, 0.6) is 0 Å². The summed E-state index contributed by atoms with van der Waals surface area (Å²) in [5.41, 5.74) is 6.46. The smallest absolute Gasteiger partial charge is 0.153 e. The van der Waals surface area contributed by atoms with Crippen LogP contribution in [0.4, 0.5) is 4.39 Å². The van der Waals surface area contributed by atoms with Crippen molar-refractivity contribution in [3.8, 4) is 0 Å². The van der Waals surface area contributed by atoms with Gasteiger partial charge >= 0.3 is 0 Å². The summed E-state index contributed by atoms with van der Waals surface area (Å²) < 4.78 is 36.5. The summed E-state index contributed by atoms with van der Waals surface area (Å²) in [7, 11) is -3.07. The van der Waals surface area contributed by atoms with Crippen molar-refractivity contribution in [2.24, 2.45) is 11.7 Å². The highest BCUT2D eigenvalue weighted by molar-refractivity contribution is 7.92. The molecule has 2 rings (SSSR count). The third kappa shape index (κ3) is 2.21. The summed E-state index contributed by atoms with van der Waals surface area (Å²) in [6.45, 7) is 1.99. The number of halogens is 1. The van der Waals surface area contributed by atoms with Gasteiger partial charge in [0.05, 0.1) is 5.25 Å². The Morgan fingerprint density at radius 2 is 1.88 bits per heavy atom. The molecule has 1 saturated carbocycles. The van der Waals surface area contributed by atoms with Crippen LogP contribution < -0.4 is 5.73 Å². The lowest BCUT2D eigenvalue weighted by Gasteiger charge is -2.00. The number of nitrogens with two attached hydrogens (primary N) is 1. The van der Waals surface area contributed by atoms with Gasteiger partial charge in [-0.25, -0.2) is 12.8 Å². The van der Waals surface area contributed by atoms with Crippen molar-refractivity contribution in [2.45, 2.75) is 18.1 Å². The van der Waals surface area contributed by atoms with E-state index < -0.39 is 9.84 Å². The van der Waals surface area contributed by atoms with Gasteiger partial charge in [0.15, 0.2) is 9.84 Å². The van der Waals surface area contributed by atoms with Crippen molar-refractivity contribution < 1.29 is 12.8 Å². The molecule has 94 valence electrons. The van der Waals surface area contributed by atoms with Gasteiger partial charge in [-0.15, -0.1) is 0 Å². The molecule has 1 aliphatic rings. The Morgan fingerprint density at radius 3 is 2.35 bits per heavy atom. The van der Waals surface area contributed by atoms with Gasteiger partial charge in [0.25, 0.3) is 0 Å². The fraction of sp³-hybridized carbons (Fsp3) is 0.500. The van der Waals surface area contributed by atoms with E-state index in [9.17, 15) is 12.8 Å². The van der Waals surface area contributed by atoms with E-state index >= 15 is 0 Å². The van der Waals surface area contributed by atoms with Gasteiger partial charge in [-0.05, 0) is 30.2 Å². The van der Waals surface area contributed by atoms with E-state index in [4.69, 9.17) is 5.73 Å². The highest BCUT2D eigenvalue weighted by atomic mass is 32.2. The van der Waals surface area contributed by atoms with Crippen LogP contribution in [-0.2, 0) is 9.84 Å². The molecule has 5 heteroatoms. The zero-order valence-electron chi connectivity index (χ0n) is 9.64. The molecule has 0 amide bonds. The molecule has 1 aliphatic carbocycles. The van der Waals surface area contributed by atoms with Crippen molar-refractivity contribution in [3.63, 3.8) is 0 Å². The van der Waals surface area contributed by atoms with E-state index in [0.717, 1.165) is 5.56 Å². The predicted molar refractivity (Wildman–Crippen MR) is 64.9 cm³/mol. The molecular weight excluding hydrogens is 241 g/mol. The molecular formula is C12H16FNO2S. The van der Waals surface area contributed by atoms with Gasteiger partial charge in [0.2, 0.25) is 0 Å². The Labute approximate surface area is 101 Å². The molecule has 1 aromatic carbocycles. The molecule has 0 spiro atoms.